The van der Waals surface area contributed by atoms with Crippen LogP contribution >= 0.6 is 36.2 Å². The van der Waals surface area contributed by atoms with Crippen molar-refractivity contribution in [3.63, 3.8) is 0 Å². The van der Waals surface area contributed by atoms with Crippen LogP contribution in [0.2, 0.25) is 0 Å². The first-order chi connectivity index (χ1) is 16.5. The zero-order valence-electron chi connectivity index (χ0n) is 19.7. The van der Waals surface area contributed by atoms with Crippen molar-refractivity contribution >= 4 is 80.8 Å². The van der Waals surface area contributed by atoms with E-state index in [9.17, 15) is 4.79 Å². The van der Waals surface area contributed by atoms with Gasteiger partial charge in [0.15, 0.2) is 5.96 Å². The van der Waals surface area contributed by atoms with Crippen LogP contribution in [0.4, 0.5) is 11.8 Å². The van der Waals surface area contributed by atoms with Gasteiger partial charge in [-0.1, -0.05) is 42.7 Å². The average Bonchev–Trinajstić information content (AvgIpc) is 3.25. The molecule has 1 aliphatic carbocycles. The molecule has 1 saturated carbocycles. The van der Waals surface area contributed by atoms with E-state index in [2.05, 4.69) is 20.9 Å². The third-order valence-corrected chi connectivity index (χ3v) is 7.27. The Morgan fingerprint density at radius 3 is 2.56 bits per heavy atom. The molecular weight excluding hydrogens is 517 g/mol. The average molecular weight is 547 g/mol. The molecule has 2 atom stereocenters. The van der Waals surface area contributed by atoms with Gasteiger partial charge >= 0.3 is 0 Å². The molecule has 190 valence electrons. The molecule has 4 aromatic rings. The predicted molar refractivity (Wildman–Crippen MR) is 153 cm³/mol. The molecule has 8 nitrogen and oxygen atoms in total. The summed E-state index contributed by atoms with van der Waals surface area (Å²) in [5, 5.41) is 19.1. The fraction of sp³-hybridized carbons (Fsp3) is 0.280. The summed E-state index contributed by atoms with van der Waals surface area (Å²) in [6.07, 6.45) is 4.04. The third-order valence-electron chi connectivity index (χ3n) is 6.15. The van der Waals surface area contributed by atoms with Crippen molar-refractivity contribution in [1.29, 1.82) is 5.41 Å². The number of hydrogen-bond donors (Lipinski definition) is 5. The Hall–Kier alpha value is -3.14. The molecule has 2 aromatic carbocycles. The van der Waals surface area contributed by atoms with Crippen molar-refractivity contribution < 1.29 is 4.79 Å². The summed E-state index contributed by atoms with van der Waals surface area (Å²) in [6.45, 7) is 2.03. The number of carbonyl (C=O) groups is 1. The number of nitrogens with zero attached hydrogens (tertiary/aromatic N) is 2. The number of aromatic nitrogens is 2. The van der Waals surface area contributed by atoms with Gasteiger partial charge in [-0.15, -0.1) is 36.2 Å². The Morgan fingerprint density at radius 2 is 1.81 bits per heavy atom. The predicted octanol–water partition coefficient (Wildman–Crippen LogP) is 5.45. The number of nitrogens with one attached hydrogen (secondary N) is 4. The number of nitrogens with two attached hydrogens (primary N) is 1. The molecule has 1 aliphatic rings. The van der Waals surface area contributed by atoms with Crippen LogP contribution in [-0.2, 0) is 0 Å². The molecule has 0 spiro atoms. The maximum atomic E-state index is 13.0. The van der Waals surface area contributed by atoms with Crippen LogP contribution in [0.25, 0.3) is 21.0 Å². The normalized spacial score (nSPS) is 17.0. The molecule has 1 amide bonds. The summed E-state index contributed by atoms with van der Waals surface area (Å²) >= 11 is 1.45. The number of fused-ring (bicyclic) bond motifs is 2. The highest BCUT2D eigenvalue weighted by Crippen LogP contribution is 2.29. The molecule has 0 unspecified atom stereocenters. The summed E-state index contributed by atoms with van der Waals surface area (Å²) in [5.74, 6) is 0.668. The number of carbonyl (C=O) groups excluding carboxylic acids is 1. The van der Waals surface area contributed by atoms with E-state index in [1.807, 2.05) is 55.5 Å². The summed E-state index contributed by atoms with van der Waals surface area (Å²) < 4.78 is 1.06. The smallest absolute Gasteiger partial charge is 0.268 e. The lowest BCUT2D eigenvalue weighted by Crippen LogP contribution is -2.50. The second-order valence-electron chi connectivity index (χ2n) is 8.72. The molecule has 5 rings (SSSR count). The molecule has 2 heterocycles. The fourth-order valence-corrected chi connectivity index (χ4v) is 5.47. The van der Waals surface area contributed by atoms with Crippen LogP contribution in [0.3, 0.4) is 0 Å². The lowest BCUT2D eigenvalue weighted by Gasteiger charge is -2.33. The number of rotatable bonds is 5. The Labute approximate surface area is 225 Å². The maximum absolute atomic E-state index is 13.0. The highest BCUT2D eigenvalue weighted by Gasteiger charge is 2.26. The van der Waals surface area contributed by atoms with Crippen molar-refractivity contribution in [1.82, 2.24) is 15.3 Å². The standard InChI is InChI=1S/C25H27N7OS.2ClH/c1-14-10-11-17-16(12-14)22(28-18-7-3-4-8-19(18)29-24(26)27)31-25(30-17)32-23(33)21-13-15-6-2-5-9-20(15)34-21;;/h2,5-6,9-13,18-19H,3-4,7-8H2,1H3,(H4,26,27,29)(H2,28,30,31,32,33);2*1H/t18-,19+;;/m0../s1. The molecular formula is C25H29Cl2N7OS. The largest absolute Gasteiger partial charge is 0.370 e. The van der Waals surface area contributed by atoms with Gasteiger partial charge in [-0.25, -0.2) is 4.98 Å². The van der Waals surface area contributed by atoms with Gasteiger partial charge in [0, 0.05) is 22.2 Å². The van der Waals surface area contributed by atoms with Crippen LogP contribution in [0.5, 0.6) is 0 Å². The summed E-state index contributed by atoms with van der Waals surface area (Å²) in [7, 11) is 0. The monoisotopic (exact) mass is 545 g/mol. The number of thiophene rings is 1. The number of anilines is 2. The molecule has 0 radical (unpaired) electrons. The van der Waals surface area contributed by atoms with E-state index in [0.717, 1.165) is 52.2 Å². The minimum atomic E-state index is -0.229. The Kier molecular flexibility index (Phi) is 8.94. The SMILES string of the molecule is Cc1ccc2nc(NC(=O)c3cc4ccccc4s3)nc(N[C@H]3CCCC[C@H]3NC(=N)N)c2c1.Cl.Cl. The molecule has 0 bridgehead atoms. The lowest BCUT2D eigenvalue weighted by molar-refractivity contribution is 0.103. The maximum Gasteiger partial charge on any atom is 0.268 e. The van der Waals surface area contributed by atoms with Gasteiger partial charge in [0.2, 0.25) is 5.95 Å². The quantitative estimate of drug-likeness (QED) is 0.167. The summed E-state index contributed by atoms with van der Waals surface area (Å²) in [6, 6.07) is 15.9. The van der Waals surface area contributed by atoms with Crippen LogP contribution in [0.1, 0.15) is 40.9 Å². The van der Waals surface area contributed by atoms with Gasteiger partial charge < -0.3 is 16.4 Å². The van der Waals surface area contributed by atoms with Crippen molar-refractivity contribution in [3.8, 4) is 0 Å². The first kappa shape index (κ1) is 27.4. The third kappa shape index (κ3) is 5.98. The number of aryl methyl sites for hydroxylation is 1. The number of hydrogen-bond acceptors (Lipinski definition) is 6. The van der Waals surface area contributed by atoms with Gasteiger partial charge in [-0.3, -0.25) is 15.5 Å². The topological polar surface area (TPSA) is 129 Å². The van der Waals surface area contributed by atoms with Crippen molar-refractivity contribution in [3.05, 3.63) is 59.0 Å². The zero-order valence-corrected chi connectivity index (χ0v) is 22.2. The minimum absolute atomic E-state index is 0. The van der Waals surface area contributed by atoms with Gasteiger partial charge in [-0.05, 0) is 49.4 Å². The second-order valence-corrected chi connectivity index (χ2v) is 9.80. The van der Waals surface area contributed by atoms with E-state index < -0.39 is 0 Å². The number of amides is 1. The van der Waals surface area contributed by atoms with Crippen molar-refractivity contribution in [2.24, 2.45) is 5.73 Å². The molecule has 36 heavy (non-hydrogen) atoms. The summed E-state index contributed by atoms with van der Waals surface area (Å²) in [4.78, 5) is 22.9. The van der Waals surface area contributed by atoms with Crippen LogP contribution < -0.4 is 21.7 Å². The molecule has 11 heteroatoms. The summed E-state index contributed by atoms with van der Waals surface area (Å²) in [5.41, 5.74) is 7.48. The van der Waals surface area contributed by atoms with Crippen molar-refractivity contribution in [2.45, 2.75) is 44.7 Å². The first-order valence-corrected chi connectivity index (χ1v) is 12.2. The Bertz CT molecular complexity index is 1360. The molecule has 0 aliphatic heterocycles. The van der Waals surface area contributed by atoms with E-state index in [4.69, 9.17) is 16.1 Å². The van der Waals surface area contributed by atoms with E-state index in [1.165, 1.54) is 11.3 Å². The van der Waals surface area contributed by atoms with Gasteiger partial charge in [0.05, 0.1) is 10.4 Å². The lowest BCUT2D eigenvalue weighted by atomic mass is 9.90. The minimum Gasteiger partial charge on any atom is -0.370 e. The second kappa shape index (κ2) is 11.7. The number of halogens is 2. The van der Waals surface area contributed by atoms with Crippen LogP contribution in [0, 0.1) is 12.3 Å². The van der Waals surface area contributed by atoms with Gasteiger partial charge in [0.25, 0.3) is 5.91 Å². The Morgan fingerprint density at radius 1 is 1.06 bits per heavy atom. The molecule has 6 N–H and O–H groups in total. The van der Waals surface area contributed by atoms with Gasteiger partial charge in [0.1, 0.15) is 5.82 Å². The molecule has 0 saturated heterocycles. The van der Waals surface area contributed by atoms with Crippen molar-refractivity contribution in [2.75, 3.05) is 10.6 Å². The fourth-order valence-electron chi connectivity index (χ4n) is 4.52. The number of benzene rings is 2. The highest BCUT2D eigenvalue weighted by molar-refractivity contribution is 7.20. The molecule has 1 fully saturated rings. The van der Waals surface area contributed by atoms with Crippen LogP contribution in [0.15, 0.2) is 48.5 Å². The van der Waals surface area contributed by atoms with E-state index in [0.29, 0.717) is 10.7 Å². The van der Waals surface area contributed by atoms with Gasteiger partial charge in [-0.2, -0.15) is 4.98 Å². The number of guanidine groups is 1. The van der Waals surface area contributed by atoms with E-state index in [-0.39, 0.29) is 54.7 Å². The van der Waals surface area contributed by atoms with E-state index >= 15 is 0 Å². The van der Waals surface area contributed by atoms with Crippen LogP contribution in [-0.4, -0.2) is 33.9 Å². The van der Waals surface area contributed by atoms with E-state index in [1.54, 1.807) is 0 Å². The highest BCUT2D eigenvalue weighted by atomic mass is 35.5. The first-order valence-electron chi connectivity index (χ1n) is 11.4. The Balaban J connectivity index is 0.00000180. The zero-order chi connectivity index (χ0) is 23.7. The molecule has 2 aromatic heterocycles.